The summed E-state index contributed by atoms with van der Waals surface area (Å²) in [6.07, 6.45) is 1.67. The van der Waals surface area contributed by atoms with Gasteiger partial charge in [0, 0.05) is 32.1 Å². The van der Waals surface area contributed by atoms with Crippen LogP contribution in [0.2, 0.25) is 0 Å². The minimum absolute atomic E-state index is 0.0685. The van der Waals surface area contributed by atoms with Crippen LogP contribution in [-0.4, -0.2) is 29.9 Å². The summed E-state index contributed by atoms with van der Waals surface area (Å²) >= 11 is 1.74. The summed E-state index contributed by atoms with van der Waals surface area (Å²) in [4.78, 5) is 14.3. The summed E-state index contributed by atoms with van der Waals surface area (Å²) in [5.41, 5.74) is 1.45. The monoisotopic (exact) mass is 280 g/mol. The number of hydrogen-bond donors (Lipinski definition) is 1. The summed E-state index contributed by atoms with van der Waals surface area (Å²) in [6, 6.07) is 2.50. The van der Waals surface area contributed by atoms with Crippen LogP contribution < -0.4 is 5.32 Å². The molecule has 3 nitrogen and oxygen atoms in total. The molecule has 0 aliphatic carbocycles. The van der Waals surface area contributed by atoms with Crippen molar-refractivity contribution in [2.45, 2.75) is 46.2 Å². The Labute approximate surface area is 120 Å². The largest absolute Gasteiger partial charge is 0.352 e. The lowest BCUT2D eigenvalue weighted by molar-refractivity contribution is -0.123. The first-order chi connectivity index (χ1) is 8.92. The fraction of sp³-hybridized carbons (Fsp3) is 0.667. The number of amides is 1. The van der Waals surface area contributed by atoms with Crippen LogP contribution in [0.15, 0.2) is 16.8 Å². The Bertz CT molecular complexity index is 408. The van der Waals surface area contributed by atoms with Crippen LogP contribution in [0.4, 0.5) is 0 Å². The topological polar surface area (TPSA) is 32.3 Å². The van der Waals surface area contributed by atoms with Gasteiger partial charge in [-0.3, -0.25) is 9.69 Å². The quantitative estimate of drug-likeness (QED) is 0.920. The number of rotatable bonds is 4. The minimum Gasteiger partial charge on any atom is -0.352 e. The van der Waals surface area contributed by atoms with Crippen molar-refractivity contribution in [1.29, 1.82) is 0 Å². The van der Waals surface area contributed by atoms with E-state index in [2.05, 4.69) is 47.8 Å². The fourth-order valence-corrected chi connectivity index (χ4v) is 3.16. The molecule has 1 unspecified atom stereocenters. The average molecular weight is 280 g/mol. The van der Waals surface area contributed by atoms with Gasteiger partial charge in [-0.05, 0) is 34.2 Å². The highest BCUT2D eigenvalue weighted by atomic mass is 32.1. The van der Waals surface area contributed by atoms with Gasteiger partial charge in [0.25, 0.3) is 0 Å². The molecular weight excluding hydrogens is 256 g/mol. The third kappa shape index (κ3) is 4.96. The van der Waals surface area contributed by atoms with Gasteiger partial charge in [0.15, 0.2) is 0 Å². The Morgan fingerprint density at radius 1 is 1.53 bits per heavy atom. The molecule has 0 radical (unpaired) electrons. The molecule has 1 aliphatic heterocycles. The van der Waals surface area contributed by atoms with Crippen molar-refractivity contribution in [1.82, 2.24) is 10.2 Å². The second-order valence-electron chi connectivity index (χ2n) is 6.66. The van der Waals surface area contributed by atoms with Crippen LogP contribution in [0, 0.1) is 5.41 Å². The number of thiophene rings is 1. The lowest BCUT2D eigenvalue weighted by Crippen LogP contribution is -2.38. The van der Waals surface area contributed by atoms with E-state index in [0.717, 1.165) is 26.1 Å². The molecule has 1 amide bonds. The molecule has 0 saturated carbocycles. The molecule has 2 rings (SSSR count). The number of carbonyl (C=O) groups excluding carboxylic acids is 1. The number of nitrogens with zero attached hydrogens (tertiary/aromatic N) is 1. The molecule has 0 aromatic carbocycles. The third-order valence-electron chi connectivity index (χ3n) is 3.31. The molecule has 0 bridgehead atoms. The molecule has 1 aromatic rings. The van der Waals surface area contributed by atoms with Crippen molar-refractivity contribution in [3.63, 3.8) is 0 Å². The van der Waals surface area contributed by atoms with Crippen molar-refractivity contribution >= 4 is 17.2 Å². The van der Waals surface area contributed by atoms with Crippen LogP contribution in [0.1, 0.15) is 39.2 Å². The summed E-state index contributed by atoms with van der Waals surface area (Å²) < 4.78 is 0. The minimum atomic E-state index is 0.0685. The van der Waals surface area contributed by atoms with Crippen LogP contribution >= 0.6 is 11.3 Å². The van der Waals surface area contributed by atoms with E-state index in [4.69, 9.17) is 0 Å². The third-order valence-corrected chi connectivity index (χ3v) is 4.05. The first kappa shape index (κ1) is 14.5. The summed E-state index contributed by atoms with van der Waals surface area (Å²) in [5.74, 6) is 0.190. The normalized spacial score (nSPS) is 20.7. The second kappa shape index (κ2) is 6.06. The fourth-order valence-electron chi connectivity index (χ4n) is 2.50. The molecule has 1 N–H and O–H groups in total. The Hall–Kier alpha value is -0.870. The highest BCUT2D eigenvalue weighted by Gasteiger charge is 2.25. The van der Waals surface area contributed by atoms with E-state index >= 15 is 0 Å². The lowest BCUT2D eigenvalue weighted by Gasteiger charge is -2.20. The van der Waals surface area contributed by atoms with Crippen molar-refractivity contribution in [3.05, 3.63) is 22.4 Å². The van der Waals surface area contributed by atoms with Gasteiger partial charge in [0.1, 0.15) is 0 Å². The van der Waals surface area contributed by atoms with Crippen molar-refractivity contribution in [3.8, 4) is 0 Å². The van der Waals surface area contributed by atoms with Crippen molar-refractivity contribution in [2.75, 3.05) is 13.1 Å². The zero-order valence-corrected chi connectivity index (χ0v) is 12.9. The molecule has 1 fully saturated rings. The molecule has 1 atom stereocenters. The van der Waals surface area contributed by atoms with Crippen molar-refractivity contribution < 1.29 is 4.79 Å². The van der Waals surface area contributed by atoms with E-state index in [1.54, 1.807) is 11.3 Å². The Morgan fingerprint density at radius 3 is 2.95 bits per heavy atom. The maximum atomic E-state index is 11.9. The molecule has 2 heterocycles. The lowest BCUT2D eigenvalue weighted by atomic mass is 9.92. The first-order valence-corrected chi connectivity index (χ1v) is 7.89. The average Bonchev–Trinajstić information content (AvgIpc) is 2.88. The SMILES string of the molecule is CC(C)(C)CC(=O)NC1CCN(Cc2ccsc2)C1. The van der Waals surface area contributed by atoms with Crippen LogP contribution in [0.3, 0.4) is 0 Å². The zero-order valence-electron chi connectivity index (χ0n) is 12.1. The predicted octanol–water partition coefficient (Wildman–Crippen LogP) is 2.87. The van der Waals surface area contributed by atoms with Gasteiger partial charge in [-0.15, -0.1) is 0 Å². The van der Waals surface area contributed by atoms with Gasteiger partial charge >= 0.3 is 0 Å². The summed E-state index contributed by atoms with van der Waals surface area (Å²) in [5, 5.41) is 7.49. The van der Waals surface area contributed by atoms with E-state index in [0.29, 0.717) is 12.5 Å². The Kier molecular flexibility index (Phi) is 4.63. The van der Waals surface area contributed by atoms with Gasteiger partial charge in [-0.1, -0.05) is 20.8 Å². The molecule has 19 heavy (non-hydrogen) atoms. The number of likely N-dealkylation sites (tertiary alicyclic amines) is 1. The summed E-state index contributed by atoms with van der Waals surface area (Å²) in [6.45, 7) is 9.37. The Morgan fingerprint density at radius 2 is 2.32 bits per heavy atom. The Balaban J connectivity index is 1.74. The molecule has 1 aliphatic rings. The molecular formula is C15H24N2OS. The van der Waals surface area contributed by atoms with Gasteiger partial charge < -0.3 is 5.32 Å². The summed E-state index contributed by atoms with van der Waals surface area (Å²) in [7, 11) is 0. The van der Waals surface area contributed by atoms with Gasteiger partial charge in [-0.2, -0.15) is 11.3 Å². The molecule has 0 spiro atoms. The second-order valence-corrected chi connectivity index (χ2v) is 7.44. The van der Waals surface area contributed by atoms with E-state index in [9.17, 15) is 4.79 Å². The van der Waals surface area contributed by atoms with Crippen LogP contribution in [0.5, 0.6) is 0 Å². The molecule has 106 valence electrons. The number of carbonyl (C=O) groups is 1. The smallest absolute Gasteiger partial charge is 0.220 e. The highest BCUT2D eigenvalue weighted by Crippen LogP contribution is 2.19. The predicted molar refractivity (Wildman–Crippen MR) is 80.2 cm³/mol. The highest BCUT2D eigenvalue weighted by molar-refractivity contribution is 7.07. The molecule has 4 heteroatoms. The van der Waals surface area contributed by atoms with E-state index < -0.39 is 0 Å². The van der Waals surface area contributed by atoms with E-state index in [1.165, 1.54) is 5.56 Å². The van der Waals surface area contributed by atoms with Crippen molar-refractivity contribution in [2.24, 2.45) is 5.41 Å². The maximum Gasteiger partial charge on any atom is 0.220 e. The molecule has 1 aromatic heterocycles. The molecule has 1 saturated heterocycles. The zero-order chi connectivity index (χ0) is 13.9. The van der Waals surface area contributed by atoms with E-state index in [1.807, 2.05) is 0 Å². The first-order valence-electron chi connectivity index (χ1n) is 6.95. The number of nitrogens with one attached hydrogen (secondary N) is 1. The maximum absolute atomic E-state index is 11.9. The van der Waals surface area contributed by atoms with E-state index in [-0.39, 0.29) is 11.3 Å². The van der Waals surface area contributed by atoms with Gasteiger partial charge in [0.05, 0.1) is 0 Å². The van der Waals surface area contributed by atoms with Crippen LogP contribution in [0.25, 0.3) is 0 Å². The number of hydrogen-bond acceptors (Lipinski definition) is 3. The van der Waals surface area contributed by atoms with Gasteiger partial charge in [-0.25, -0.2) is 0 Å². The van der Waals surface area contributed by atoms with Gasteiger partial charge in [0.2, 0.25) is 5.91 Å². The standard InChI is InChI=1S/C15H24N2OS/c1-15(2,3)8-14(18)16-13-4-6-17(10-13)9-12-5-7-19-11-12/h5,7,11,13H,4,6,8-10H2,1-3H3,(H,16,18). The van der Waals surface area contributed by atoms with Crippen LogP contribution in [-0.2, 0) is 11.3 Å².